The lowest BCUT2D eigenvalue weighted by Gasteiger charge is -2.32. The molecule has 3 atom stereocenters. The number of amides is 3. The molecule has 0 radical (unpaired) electrons. The predicted molar refractivity (Wildman–Crippen MR) is 81.5 cm³/mol. The first-order valence-electron chi connectivity index (χ1n) is 8.00. The van der Waals surface area contributed by atoms with Gasteiger partial charge >= 0.3 is 0 Å². The van der Waals surface area contributed by atoms with Gasteiger partial charge in [0.1, 0.15) is 12.1 Å². The maximum atomic E-state index is 12.8. The number of rotatable bonds is 4. The third-order valence-electron chi connectivity index (χ3n) is 4.69. The van der Waals surface area contributed by atoms with E-state index < -0.39 is 24.0 Å². The number of hydrogen-bond acceptors (Lipinski definition) is 4. The van der Waals surface area contributed by atoms with Crippen LogP contribution in [0.2, 0.25) is 0 Å². The molecule has 2 saturated heterocycles. The van der Waals surface area contributed by atoms with Gasteiger partial charge in [-0.2, -0.15) is 0 Å². The average molecular weight is 310 g/mol. The summed E-state index contributed by atoms with van der Waals surface area (Å²) < 4.78 is 0. The second-order valence-electron chi connectivity index (χ2n) is 6.55. The zero-order chi connectivity index (χ0) is 16.4. The van der Waals surface area contributed by atoms with Crippen LogP contribution in [0.4, 0.5) is 0 Å². The SMILES string of the molecule is CC(C)[C@H](N)C(=O)N1CCC[C@H]1C(=O)N1CCC[C@H]1C(N)=O. The normalized spacial score (nSPS) is 26.5. The molecule has 2 rings (SSSR count). The van der Waals surface area contributed by atoms with E-state index in [1.54, 1.807) is 9.80 Å². The minimum absolute atomic E-state index is 0.0222. The van der Waals surface area contributed by atoms with Crippen LogP contribution in [0.3, 0.4) is 0 Å². The van der Waals surface area contributed by atoms with Gasteiger partial charge in [-0.05, 0) is 31.6 Å². The summed E-state index contributed by atoms with van der Waals surface area (Å²) in [5, 5.41) is 0. The van der Waals surface area contributed by atoms with Gasteiger partial charge < -0.3 is 21.3 Å². The maximum absolute atomic E-state index is 12.8. The lowest BCUT2D eigenvalue weighted by molar-refractivity contribution is -0.147. The lowest BCUT2D eigenvalue weighted by Crippen LogP contribution is -2.55. The first kappa shape index (κ1) is 16.7. The van der Waals surface area contributed by atoms with Crippen molar-refractivity contribution >= 4 is 17.7 Å². The highest BCUT2D eigenvalue weighted by Crippen LogP contribution is 2.25. The lowest BCUT2D eigenvalue weighted by atomic mass is 10.0. The van der Waals surface area contributed by atoms with Crippen molar-refractivity contribution in [1.29, 1.82) is 0 Å². The Kier molecular flexibility index (Phi) is 5.05. The van der Waals surface area contributed by atoms with E-state index in [9.17, 15) is 14.4 Å². The van der Waals surface area contributed by atoms with Gasteiger partial charge in [0.15, 0.2) is 0 Å². The van der Waals surface area contributed by atoms with Crippen LogP contribution in [0.1, 0.15) is 39.5 Å². The van der Waals surface area contributed by atoms with Crippen LogP contribution in [0, 0.1) is 5.92 Å². The molecule has 2 aliphatic heterocycles. The van der Waals surface area contributed by atoms with Gasteiger partial charge in [-0.25, -0.2) is 0 Å². The van der Waals surface area contributed by atoms with Gasteiger partial charge in [0.2, 0.25) is 17.7 Å². The average Bonchev–Trinajstić information content (AvgIpc) is 3.13. The Labute approximate surface area is 131 Å². The first-order chi connectivity index (χ1) is 10.3. The Hall–Kier alpha value is -1.63. The summed E-state index contributed by atoms with van der Waals surface area (Å²) in [5.74, 6) is -0.793. The Morgan fingerprint density at radius 3 is 2.09 bits per heavy atom. The molecule has 2 heterocycles. The van der Waals surface area contributed by atoms with E-state index in [0.717, 1.165) is 12.8 Å². The molecule has 0 saturated carbocycles. The van der Waals surface area contributed by atoms with E-state index in [2.05, 4.69) is 0 Å². The molecule has 124 valence electrons. The summed E-state index contributed by atoms with van der Waals surface area (Å²) in [6.45, 7) is 4.85. The number of hydrogen-bond donors (Lipinski definition) is 2. The van der Waals surface area contributed by atoms with Crippen molar-refractivity contribution in [3.05, 3.63) is 0 Å². The summed E-state index contributed by atoms with van der Waals surface area (Å²) in [5.41, 5.74) is 11.3. The Morgan fingerprint density at radius 1 is 1.00 bits per heavy atom. The van der Waals surface area contributed by atoms with E-state index in [1.165, 1.54) is 0 Å². The van der Waals surface area contributed by atoms with Crippen molar-refractivity contribution < 1.29 is 14.4 Å². The molecule has 4 N–H and O–H groups in total. The van der Waals surface area contributed by atoms with Crippen molar-refractivity contribution in [2.75, 3.05) is 13.1 Å². The molecule has 7 nitrogen and oxygen atoms in total. The molecular formula is C15H26N4O3. The number of likely N-dealkylation sites (tertiary alicyclic amines) is 2. The Morgan fingerprint density at radius 2 is 1.55 bits per heavy atom. The van der Waals surface area contributed by atoms with Crippen LogP contribution in [0.25, 0.3) is 0 Å². The molecule has 0 aromatic carbocycles. The molecule has 0 aromatic heterocycles. The van der Waals surface area contributed by atoms with E-state index in [0.29, 0.717) is 25.9 Å². The molecule has 0 aromatic rings. The first-order valence-corrected chi connectivity index (χ1v) is 8.00. The zero-order valence-electron chi connectivity index (χ0n) is 13.3. The molecule has 0 unspecified atom stereocenters. The highest BCUT2D eigenvalue weighted by atomic mass is 16.2. The molecule has 0 aliphatic carbocycles. The smallest absolute Gasteiger partial charge is 0.246 e. The molecule has 22 heavy (non-hydrogen) atoms. The standard InChI is InChI=1S/C15H26N4O3/c1-9(2)12(16)15(22)19-8-4-6-11(19)14(21)18-7-3-5-10(18)13(17)20/h9-12H,3-8,16H2,1-2H3,(H2,17,20)/t10-,11-,12-/m0/s1. The van der Waals surface area contributed by atoms with Crippen LogP contribution in [0.15, 0.2) is 0 Å². The summed E-state index contributed by atoms with van der Waals surface area (Å²) in [7, 11) is 0. The van der Waals surface area contributed by atoms with Crippen LogP contribution in [-0.2, 0) is 14.4 Å². The fourth-order valence-corrected chi connectivity index (χ4v) is 3.28. The van der Waals surface area contributed by atoms with Gasteiger partial charge in [0.25, 0.3) is 0 Å². The van der Waals surface area contributed by atoms with Gasteiger partial charge in [0.05, 0.1) is 6.04 Å². The summed E-state index contributed by atoms with van der Waals surface area (Å²) in [6.07, 6.45) is 2.78. The van der Waals surface area contributed by atoms with E-state index in [1.807, 2.05) is 13.8 Å². The number of primary amides is 1. The summed E-state index contributed by atoms with van der Waals surface area (Å²) in [6, 6.07) is -1.64. The highest BCUT2D eigenvalue weighted by Gasteiger charge is 2.42. The minimum Gasteiger partial charge on any atom is -0.368 e. The van der Waals surface area contributed by atoms with E-state index >= 15 is 0 Å². The van der Waals surface area contributed by atoms with Gasteiger partial charge in [-0.1, -0.05) is 13.8 Å². The van der Waals surface area contributed by atoms with Gasteiger partial charge in [-0.15, -0.1) is 0 Å². The quantitative estimate of drug-likeness (QED) is 0.725. The third-order valence-corrected chi connectivity index (χ3v) is 4.69. The van der Waals surface area contributed by atoms with Crippen molar-refractivity contribution in [2.45, 2.75) is 57.7 Å². The second-order valence-corrected chi connectivity index (χ2v) is 6.55. The van der Waals surface area contributed by atoms with Gasteiger partial charge in [-0.3, -0.25) is 14.4 Å². The van der Waals surface area contributed by atoms with Crippen LogP contribution >= 0.6 is 0 Å². The molecule has 7 heteroatoms. The predicted octanol–water partition coefficient (Wildman–Crippen LogP) is -0.563. The van der Waals surface area contributed by atoms with Crippen molar-refractivity contribution in [1.82, 2.24) is 9.80 Å². The van der Waals surface area contributed by atoms with Crippen molar-refractivity contribution in [3.63, 3.8) is 0 Å². The monoisotopic (exact) mass is 310 g/mol. The fraction of sp³-hybridized carbons (Fsp3) is 0.800. The molecular weight excluding hydrogens is 284 g/mol. The summed E-state index contributed by atoms with van der Waals surface area (Å²) in [4.78, 5) is 39.8. The topological polar surface area (TPSA) is 110 Å². The molecule has 3 amide bonds. The Bertz CT molecular complexity index is 466. The minimum atomic E-state index is -0.598. The van der Waals surface area contributed by atoms with Crippen LogP contribution in [-0.4, -0.2) is 58.7 Å². The zero-order valence-corrected chi connectivity index (χ0v) is 13.3. The van der Waals surface area contributed by atoms with E-state index in [-0.39, 0.29) is 17.7 Å². The number of nitrogens with two attached hydrogens (primary N) is 2. The molecule has 0 spiro atoms. The van der Waals surface area contributed by atoms with Crippen molar-refractivity contribution in [2.24, 2.45) is 17.4 Å². The molecule has 0 bridgehead atoms. The highest BCUT2D eigenvalue weighted by molar-refractivity contribution is 5.93. The Balaban J connectivity index is 2.11. The number of nitrogens with zero attached hydrogens (tertiary/aromatic N) is 2. The maximum Gasteiger partial charge on any atom is 0.246 e. The fourth-order valence-electron chi connectivity index (χ4n) is 3.28. The van der Waals surface area contributed by atoms with Crippen molar-refractivity contribution in [3.8, 4) is 0 Å². The number of carbonyl (C=O) groups is 3. The van der Waals surface area contributed by atoms with Crippen LogP contribution in [0.5, 0.6) is 0 Å². The largest absolute Gasteiger partial charge is 0.368 e. The third kappa shape index (κ3) is 3.09. The van der Waals surface area contributed by atoms with Crippen LogP contribution < -0.4 is 11.5 Å². The summed E-state index contributed by atoms with van der Waals surface area (Å²) >= 11 is 0. The second kappa shape index (κ2) is 6.64. The molecule has 2 aliphatic rings. The van der Waals surface area contributed by atoms with E-state index in [4.69, 9.17) is 11.5 Å². The molecule has 2 fully saturated rings. The number of carbonyl (C=O) groups excluding carboxylic acids is 3. The van der Waals surface area contributed by atoms with Gasteiger partial charge in [0, 0.05) is 13.1 Å².